The van der Waals surface area contributed by atoms with Crippen molar-refractivity contribution in [3.63, 3.8) is 0 Å². The Morgan fingerprint density at radius 1 is 1.61 bits per heavy atom. The second-order valence-electron chi connectivity index (χ2n) is 4.76. The minimum Gasteiger partial charge on any atom is -0.393 e. The molecular formula is C12H20N4OS. The fraction of sp³-hybridized carbons (Fsp3) is 0.583. The van der Waals surface area contributed by atoms with Gasteiger partial charge in [0.25, 0.3) is 5.91 Å². The molecule has 0 fully saturated rings. The van der Waals surface area contributed by atoms with E-state index in [1.165, 1.54) is 0 Å². The van der Waals surface area contributed by atoms with Crippen LogP contribution in [0.3, 0.4) is 0 Å². The maximum atomic E-state index is 12.3. The van der Waals surface area contributed by atoms with E-state index in [1.54, 1.807) is 29.0 Å². The van der Waals surface area contributed by atoms with E-state index in [4.69, 9.17) is 18.0 Å². The normalized spacial score (nSPS) is 10.7. The van der Waals surface area contributed by atoms with Crippen molar-refractivity contribution in [3.05, 3.63) is 18.0 Å². The highest BCUT2D eigenvalue weighted by atomic mass is 32.1. The standard InChI is InChI=1S/C12H20N4OS/c1-9(2)7-16(5-4-11(13)18)12(17)10-6-14-15(3)8-10/h6,8-9H,4-5,7H2,1-3H3,(H2,13,18). The number of rotatable bonds is 6. The van der Waals surface area contributed by atoms with Crippen molar-refractivity contribution in [1.29, 1.82) is 0 Å². The van der Waals surface area contributed by atoms with Gasteiger partial charge < -0.3 is 10.6 Å². The zero-order valence-electron chi connectivity index (χ0n) is 11.1. The number of hydrogen-bond acceptors (Lipinski definition) is 3. The molecule has 0 aliphatic heterocycles. The lowest BCUT2D eigenvalue weighted by atomic mass is 10.2. The Hall–Kier alpha value is -1.43. The van der Waals surface area contributed by atoms with Crippen LogP contribution in [0, 0.1) is 5.92 Å². The molecule has 100 valence electrons. The van der Waals surface area contributed by atoms with Crippen molar-refractivity contribution >= 4 is 23.1 Å². The Balaban J connectivity index is 2.75. The molecule has 0 aromatic carbocycles. The molecule has 0 atom stereocenters. The summed E-state index contributed by atoms with van der Waals surface area (Å²) in [5, 5.41) is 4.01. The number of carbonyl (C=O) groups excluding carboxylic acids is 1. The highest BCUT2D eigenvalue weighted by Gasteiger charge is 2.18. The molecule has 2 N–H and O–H groups in total. The van der Waals surface area contributed by atoms with E-state index in [-0.39, 0.29) is 5.91 Å². The molecule has 0 aliphatic carbocycles. The maximum Gasteiger partial charge on any atom is 0.257 e. The smallest absolute Gasteiger partial charge is 0.257 e. The van der Waals surface area contributed by atoms with Crippen molar-refractivity contribution in [2.75, 3.05) is 13.1 Å². The molecular weight excluding hydrogens is 248 g/mol. The van der Waals surface area contributed by atoms with Gasteiger partial charge in [-0.05, 0) is 5.92 Å². The monoisotopic (exact) mass is 268 g/mol. The third-order valence-corrected chi connectivity index (χ3v) is 2.66. The van der Waals surface area contributed by atoms with E-state index in [2.05, 4.69) is 18.9 Å². The molecule has 0 radical (unpaired) electrons. The number of carbonyl (C=O) groups is 1. The first-order chi connectivity index (χ1) is 8.40. The molecule has 0 aliphatic rings. The van der Waals surface area contributed by atoms with Crippen molar-refractivity contribution in [3.8, 4) is 0 Å². The van der Waals surface area contributed by atoms with Gasteiger partial charge in [-0.2, -0.15) is 5.10 Å². The van der Waals surface area contributed by atoms with Crippen LogP contribution in [0.15, 0.2) is 12.4 Å². The van der Waals surface area contributed by atoms with Crippen LogP contribution in [-0.2, 0) is 7.05 Å². The minimum atomic E-state index is -0.0203. The summed E-state index contributed by atoms with van der Waals surface area (Å²) >= 11 is 4.86. The Kier molecular flexibility index (Phi) is 5.27. The minimum absolute atomic E-state index is 0.0203. The van der Waals surface area contributed by atoms with Crippen LogP contribution in [0.2, 0.25) is 0 Å². The fourth-order valence-corrected chi connectivity index (χ4v) is 1.77. The van der Waals surface area contributed by atoms with Crippen LogP contribution in [0.4, 0.5) is 0 Å². The van der Waals surface area contributed by atoms with Crippen LogP contribution in [0.5, 0.6) is 0 Å². The fourth-order valence-electron chi connectivity index (χ4n) is 1.68. The number of thiocarbonyl (C=S) groups is 1. The topological polar surface area (TPSA) is 64.2 Å². The van der Waals surface area contributed by atoms with Gasteiger partial charge in [0, 0.05) is 32.8 Å². The molecule has 0 saturated carbocycles. The summed E-state index contributed by atoms with van der Waals surface area (Å²) in [5.41, 5.74) is 6.09. The molecule has 0 unspecified atom stereocenters. The highest BCUT2D eigenvalue weighted by molar-refractivity contribution is 7.80. The van der Waals surface area contributed by atoms with E-state index in [0.717, 1.165) is 0 Å². The SMILES string of the molecule is CC(C)CN(CCC(N)=S)C(=O)c1cnn(C)c1. The molecule has 5 nitrogen and oxygen atoms in total. The lowest BCUT2D eigenvalue weighted by Crippen LogP contribution is -2.36. The second-order valence-corrected chi connectivity index (χ2v) is 5.29. The van der Waals surface area contributed by atoms with Gasteiger partial charge in [-0.15, -0.1) is 0 Å². The molecule has 0 bridgehead atoms. The van der Waals surface area contributed by atoms with Crippen molar-refractivity contribution in [2.45, 2.75) is 20.3 Å². The third kappa shape index (κ3) is 4.44. The molecule has 6 heteroatoms. The van der Waals surface area contributed by atoms with Gasteiger partial charge in [-0.1, -0.05) is 26.1 Å². The number of nitrogens with two attached hydrogens (primary N) is 1. The molecule has 0 saturated heterocycles. The van der Waals surface area contributed by atoms with E-state index in [1.807, 2.05) is 0 Å². The summed E-state index contributed by atoms with van der Waals surface area (Å²) in [6.07, 6.45) is 3.85. The zero-order valence-corrected chi connectivity index (χ0v) is 11.9. The van der Waals surface area contributed by atoms with Crippen LogP contribution < -0.4 is 5.73 Å². The molecule has 1 aromatic heterocycles. The first-order valence-corrected chi connectivity index (χ1v) is 6.37. The number of aromatic nitrogens is 2. The van der Waals surface area contributed by atoms with Crippen LogP contribution in [0.25, 0.3) is 0 Å². The lowest BCUT2D eigenvalue weighted by molar-refractivity contribution is 0.0741. The number of hydrogen-bond donors (Lipinski definition) is 1. The largest absolute Gasteiger partial charge is 0.393 e. The van der Waals surface area contributed by atoms with Gasteiger partial charge in [0.15, 0.2) is 0 Å². The Morgan fingerprint density at radius 3 is 2.72 bits per heavy atom. The van der Waals surface area contributed by atoms with Crippen LogP contribution in [-0.4, -0.2) is 38.7 Å². The molecule has 0 spiro atoms. The maximum absolute atomic E-state index is 12.3. The van der Waals surface area contributed by atoms with Gasteiger partial charge in [0.1, 0.15) is 0 Å². The summed E-state index contributed by atoms with van der Waals surface area (Å²) in [6, 6.07) is 0. The summed E-state index contributed by atoms with van der Waals surface area (Å²) in [5.74, 6) is 0.380. The van der Waals surface area contributed by atoms with E-state index < -0.39 is 0 Å². The number of amides is 1. The molecule has 1 aromatic rings. The first-order valence-electron chi connectivity index (χ1n) is 5.96. The highest BCUT2D eigenvalue weighted by Crippen LogP contribution is 2.07. The van der Waals surface area contributed by atoms with Gasteiger partial charge in [-0.3, -0.25) is 9.48 Å². The zero-order chi connectivity index (χ0) is 13.7. The molecule has 1 heterocycles. The predicted molar refractivity (Wildman–Crippen MR) is 75.4 cm³/mol. The first kappa shape index (κ1) is 14.6. The lowest BCUT2D eigenvalue weighted by Gasteiger charge is -2.23. The van der Waals surface area contributed by atoms with Gasteiger partial charge in [0.05, 0.1) is 16.7 Å². The number of aryl methyl sites for hydroxylation is 1. The van der Waals surface area contributed by atoms with Gasteiger partial charge in [-0.25, -0.2) is 0 Å². The molecule has 1 rings (SSSR count). The average Bonchev–Trinajstić information content (AvgIpc) is 2.69. The average molecular weight is 268 g/mol. The van der Waals surface area contributed by atoms with Crippen molar-refractivity contribution in [2.24, 2.45) is 18.7 Å². The van der Waals surface area contributed by atoms with Crippen LogP contribution in [0.1, 0.15) is 30.6 Å². The summed E-state index contributed by atoms with van der Waals surface area (Å²) in [4.78, 5) is 14.5. The third-order valence-electron chi connectivity index (χ3n) is 2.45. The summed E-state index contributed by atoms with van der Waals surface area (Å²) < 4.78 is 1.62. The predicted octanol–water partition coefficient (Wildman–Crippen LogP) is 1.19. The summed E-state index contributed by atoms with van der Waals surface area (Å²) in [6.45, 7) is 5.40. The van der Waals surface area contributed by atoms with E-state index in [0.29, 0.717) is 36.0 Å². The molecule has 18 heavy (non-hydrogen) atoms. The van der Waals surface area contributed by atoms with E-state index >= 15 is 0 Å². The van der Waals surface area contributed by atoms with E-state index in [9.17, 15) is 4.79 Å². The van der Waals surface area contributed by atoms with Gasteiger partial charge >= 0.3 is 0 Å². The second kappa shape index (κ2) is 6.49. The number of nitrogens with zero attached hydrogens (tertiary/aromatic N) is 3. The van der Waals surface area contributed by atoms with Crippen molar-refractivity contribution < 1.29 is 4.79 Å². The Labute approximate surface area is 113 Å². The molecule has 1 amide bonds. The Morgan fingerprint density at radius 2 is 2.28 bits per heavy atom. The van der Waals surface area contributed by atoms with Gasteiger partial charge in [0.2, 0.25) is 0 Å². The van der Waals surface area contributed by atoms with Crippen LogP contribution >= 0.6 is 12.2 Å². The summed E-state index contributed by atoms with van der Waals surface area (Å²) in [7, 11) is 1.79. The van der Waals surface area contributed by atoms with Crippen molar-refractivity contribution in [1.82, 2.24) is 14.7 Å². The quantitative estimate of drug-likeness (QED) is 0.787. The Bertz CT molecular complexity index is 427.